The molecule has 0 aromatic heterocycles. The van der Waals surface area contributed by atoms with Crippen molar-refractivity contribution < 1.29 is 38.2 Å². The maximum Gasteiger partial charge on any atom is 0.306 e. The normalized spacial score (nSPS) is 13.4. The predicted molar refractivity (Wildman–Crippen MR) is 249 cm³/mol. The first kappa shape index (κ1) is 57.0. The Labute approximate surface area is 368 Å². The van der Waals surface area contributed by atoms with Crippen molar-refractivity contribution in [2.75, 3.05) is 41.0 Å². The molecule has 0 spiro atoms. The number of rotatable bonds is 43. The van der Waals surface area contributed by atoms with Crippen LogP contribution in [0.5, 0.6) is 0 Å². The molecule has 0 heterocycles. The van der Waals surface area contributed by atoms with Crippen LogP contribution in [0.1, 0.15) is 200 Å². The summed E-state index contributed by atoms with van der Waals surface area (Å²) in [6, 6.07) is -0.731. The zero-order chi connectivity index (χ0) is 44.2. The highest BCUT2D eigenvalue weighted by Gasteiger charge is 2.25. The topological polar surface area (TPSA) is 102 Å². The Morgan fingerprint density at radius 1 is 0.517 bits per heavy atom. The van der Waals surface area contributed by atoms with Crippen LogP contribution in [-0.4, -0.2) is 75.5 Å². The summed E-state index contributed by atoms with van der Waals surface area (Å²) >= 11 is 0. The molecule has 0 aromatic carbocycles. The fraction of sp³-hybridized carbons (Fsp3) is 0.750. The van der Waals surface area contributed by atoms with Crippen molar-refractivity contribution in [1.29, 1.82) is 0 Å². The van der Waals surface area contributed by atoms with E-state index in [1.165, 1.54) is 89.9 Å². The molecule has 0 fully saturated rings. The summed E-state index contributed by atoms with van der Waals surface area (Å²) < 4.78 is 17.2. The molecule has 0 radical (unpaired) electrons. The summed E-state index contributed by atoms with van der Waals surface area (Å²) in [4.78, 5) is 37.0. The van der Waals surface area contributed by atoms with Gasteiger partial charge in [-0.3, -0.25) is 9.59 Å². The number of allylic oxidation sites excluding steroid dienone is 10. The van der Waals surface area contributed by atoms with Crippen molar-refractivity contribution in [1.82, 2.24) is 0 Å². The molecule has 0 amide bonds. The number of unbranched alkanes of at least 4 members (excludes halogenated alkanes) is 19. The molecule has 0 bridgehead atoms. The molecule has 0 aliphatic rings. The minimum absolute atomic E-state index is 0.0328. The average molecular weight is 842 g/mol. The van der Waals surface area contributed by atoms with Crippen molar-refractivity contribution in [2.45, 2.75) is 212 Å². The minimum atomic E-state index is -1.13. The summed E-state index contributed by atoms with van der Waals surface area (Å²) in [7, 11) is 5.40. The molecule has 0 aliphatic heterocycles. The Kier molecular flexibility index (Phi) is 40.6. The summed E-state index contributed by atoms with van der Waals surface area (Å²) in [5, 5.41) is 11.6. The number of carboxylic acids is 1. The number of aliphatic carboxylic acids is 1. The second-order valence-corrected chi connectivity index (χ2v) is 17.3. The zero-order valence-corrected chi connectivity index (χ0v) is 39.4. The molecule has 0 saturated heterocycles. The molecule has 8 heteroatoms. The Balaban J connectivity index is 4.32. The van der Waals surface area contributed by atoms with Crippen molar-refractivity contribution in [3.63, 3.8) is 0 Å². The zero-order valence-electron chi connectivity index (χ0n) is 39.4. The van der Waals surface area contributed by atoms with Crippen LogP contribution in [-0.2, 0) is 28.6 Å². The maximum absolute atomic E-state index is 12.8. The van der Waals surface area contributed by atoms with Crippen molar-refractivity contribution in [3.8, 4) is 0 Å². The van der Waals surface area contributed by atoms with E-state index in [9.17, 15) is 19.5 Å². The van der Waals surface area contributed by atoms with Gasteiger partial charge in [0.2, 0.25) is 0 Å². The maximum atomic E-state index is 12.8. The quantitative estimate of drug-likeness (QED) is 0.0261. The molecule has 346 valence electrons. The highest BCUT2D eigenvalue weighted by atomic mass is 16.6. The van der Waals surface area contributed by atoms with Gasteiger partial charge >= 0.3 is 11.9 Å². The summed E-state index contributed by atoms with van der Waals surface area (Å²) in [5.74, 6) is -1.76. The summed E-state index contributed by atoms with van der Waals surface area (Å²) in [5.41, 5.74) is 0. The molecule has 2 atom stereocenters. The number of nitrogens with zero attached hydrogens (tertiary/aromatic N) is 1. The standard InChI is InChI=1S/C52H91NO7/c1-6-8-10-12-14-16-18-20-22-24-25-27-28-30-32-34-36-38-40-42-50(54)59-47-48(46-58-45-44-49(52(56)57)53(3,4)5)60-51(55)43-41-39-37-35-33-31-29-26-23-21-19-17-15-13-11-9-7-2/h8,10,14,16,20-23,25,27,48-49H,6-7,9,11-13,15,17-19,24,26,28-47H2,1-5H3/b10-8+,16-14+,22-20+,23-21+,27-25+. The smallest absolute Gasteiger partial charge is 0.306 e. The van der Waals surface area contributed by atoms with E-state index in [2.05, 4.69) is 74.6 Å². The first-order chi connectivity index (χ1) is 29.1. The number of carboxylic acid groups (broad SMARTS) is 1. The summed E-state index contributed by atoms with van der Waals surface area (Å²) in [6.07, 6.45) is 52.4. The van der Waals surface area contributed by atoms with E-state index < -0.39 is 18.1 Å². The van der Waals surface area contributed by atoms with E-state index in [0.29, 0.717) is 12.8 Å². The fourth-order valence-corrected chi connectivity index (χ4v) is 6.88. The Morgan fingerprint density at radius 2 is 0.933 bits per heavy atom. The third kappa shape index (κ3) is 40.4. The number of hydrogen-bond donors (Lipinski definition) is 0. The van der Waals surface area contributed by atoms with Crippen molar-refractivity contribution in [2.24, 2.45) is 0 Å². The van der Waals surface area contributed by atoms with Gasteiger partial charge in [0, 0.05) is 19.3 Å². The highest BCUT2D eigenvalue weighted by Crippen LogP contribution is 2.14. The molecular weight excluding hydrogens is 751 g/mol. The van der Waals surface area contributed by atoms with Crippen LogP contribution in [0.4, 0.5) is 0 Å². The van der Waals surface area contributed by atoms with Gasteiger partial charge in [-0.05, 0) is 77.0 Å². The number of esters is 2. The van der Waals surface area contributed by atoms with E-state index >= 15 is 0 Å². The second kappa shape index (κ2) is 42.7. The van der Waals surface area contributed by atoms with Gasteiger partial charge in [-0.25, -0.2) is 0 Å². The van der Waals surface area contributed by atoms with Gasteiger partial charge < -0.3 is 28.6 Å². The SMILES string of the molecule is CC/C=C/C/C=C/C/C=C/C/C=C/CCCCCCCCC(=O)OCC(COCCC(C(=O)[O-])[N+](C)(C)C)OC(=O)CCCCCCCCC/C=C/CCCCCCCC. The van der Waals surface area contributed by atoms with Crippen molar-refractivity contribution >= 4 is 17.9 Å². The van der Waals surface area contributed by atoms with Gasteiger partial charge in [-0.2, -0.15) is 0 Å². The molecular formula is C52H91NO7. The lowest BCUT2D eigenvalue weighted by molar-refractivity contribution is -0.889. The number of carbonyl (C=O) groups excluding carboxylic acids is 3. The van der Waals surface area contributed by atoms with E-state index in [-0.39, 0.29) is 42.7 Å². The molecule has 2 unspecified atom stereocenters. The minimum Gasteiger partial charge on any atom is -0.544 e. The molecule has 0 saturated carbocycles. The number of carbonyl (C=O) groups is 3. The first-order valence-corrected chi connectivity index (χ1v) is 24.3. The van der Waals surface area contributed by atoms with E-state index in [1.54, 1.807) is 21.1 Å². The monoisotopic (exact) mass is 842 g/mol. The van der Waals surface area contributed by atoms with Gasteiger partial charge in [-0.15, -0.1) is 0 Å². The van der Waals surface area contributed by atoms with Crippen LogP contribution >= 0.6 is 0 Å². The van der Waals surface area contributed by atoms with E-state index in [4.69, 9.17) is 14.2 Å². The van der Waals surface area contributed by atoms with Gasteiger partial charge in [0.15, 0.2) is 6.10 Å². The third-order valence-electron chi connectivity index (χ3n) is 10.6. The van der Waals surface area contributed by atoms with Gasteiger partial charge in [0.1, 0.15) is 12.6 Å². The number of hydrogen-bond acceptors (Lipinski definition) is 7. The first-order valence-electron chi connectivity index (χ1n) is 24.3. The number of likely N-dealkylation sites (N-methyl/N-ethyl adjacent to an activating group) is 1. The van der Waals surface area contributed by atoms with E-state index in [1.807, 2.05) is 0 Å². The molecule has 60 heavy (non-hydrogen) atoms. The van der Waals surface area contributed by atoms with Gasteiger partial charge in [0.25, 0.3) is 0 Å². The lowest BCUT2D eigenvalue weighted by atomic mass is 10.1. The third-order valence-corrected chi connectivity index (χ3v) is 10.6. The second-order valence-electron chi connectivity index (χ2n) is 17.3. The molecule has 0 N–H and O–H groups in total. The van der Waals surface area contributed by atoms with E-state index in [0.717, 1.165) is 77.0 Å². The lowest BCUT2D eigenvalue weighted by Gasteiger charge is -2.34. The van der Waals surface area contributed by atoms with Crippen LogP contribution in [0, 0.1) is 0 Å². The molecule has 0 aliphatic carbocycles. The highest BCUT2D eigenvalue weighted by molar-refractivity contribution is 5.70. The van der Waals surface area contributed by atoms with Crippen LogP contribution in [0.2, 0.25) is 0 Å². The van der Waals surface area contributed by atoms with Crippen molar-refractivity contribution in [3.05, 3.63) is 60.8 Å². The lowest BCUT2D eigenvalue weighted by Crippen LogP contribution is -2.55. The molecule has 0 aromatic rings. The van der Waals surface area contributed by atoms with Crippen LogP contribution in [0.25, 0.3) is 0 Å². The number of quaternary nitrogens is 1. The Bertz CT molecular complexity index is 1170. The van der Waals surface area contributed by atoms with Crippen LogP contribution in [0.3, 0.4) is 0 Å². The Hall–Kier alpha value is -2.97. The fourth-order valence-electron chi connectivity index (χ4n) is 6.88. The van der Waals surface area contributed by atoms with Gasteiger partial charge in [-0.1, -0.05) is 164 Å². The largest absolute Gasteiger partial charge is 0.544 e. The van der Waals surface area contributed by atoms with Crippen LogP contribution in [0.15, 0.2) is 60.8 Å². The Morgan fingerprint density at radius 3 is 1.40 bits per heavy atom. The van der Waals surface area contributed by atoms with Gasteiger partial charge in [0.05, 0.1) is 40.3 Å². The average Bonchev–Trinajstić information content (AvgIpc) is 3.21. The summed E-state index contributed by atoms with van der Waals surface area (Å²) in [6.45, 7) is 4.53. The molecule has 0 rings (SSSR count). The predicted octanol–water partition coefficient (Wildman–Crippen LogP) is 12.4. The van der Waals surface area contributed by atoms with Crippen LogP contribution < -0.4 is 5.11 Å². The number of ether oxygens (including phenoxy) is 3. The molecule has 8 nitrogen and oxygen atoms in total.